The molecule has 7 nitrogen and oxygen atoms in total. The summed E-state index contributed by atoms with van der Waals surface area (Å²) in [4.78, 5) is 8.71. The number of nitrogen functional groups attached to an aromatic ring is 1. The fourth-order valence-corrected chi connectivity index (χ4v) is 6.18. The fourth-order valence-electron chi connectivity index (χ4n) is 6.18. The predicted molar refractivity (Wildman–Crippen MR) is 110 cm³/mol. The van der Waals surface area contributed by atoms with Crippen molar-refractivity contribution in [2.24, 2.45) is 17.3 Å². The molecule has 2 bridgehead atoms. The molecule has 3 heterocycles. The Kier molecular flexibility index (Phi) is 4.15. The fraction of sp³-hybridized carbons (Fsp3) is 0.591. The highest BCUT2D eigenvalue weighted by molar-refractivity contribution is 5.97. The number of hydrogen-bond donors (Lipinski definition) is 1. The second kappa shape index (κ2) is 6.60. The molecule has 3 aromatic rings. The van der Waals surface area contributed by atoms with E-state index < -0.39 is 17.6 Å². The Morgan fingerprint density at radius 3 is 2.82 bits per heavy atom. The molecule has 0 radical (unpaired) electrons. The number of aromatic nitrogens is 4. The van der Waals surface area contributed by atoms with Gasteiger partial charge in [-0.3, -0.25) is 0 Å². The largest absolute Gasteiger partial charge is 0.586 e. The van der Waals surface area contributed by atoms with Crippen LogP contribution in [0.3, 0.4) is 0 Å². The van der Waals surface area contributed by atoms with E-state index in [1.54, 1.807) is 6.07 Å². The smallest absolute Gasteiger partial charge is 0.395 e. The van der Waals surface area contributed by atoms with Gasteiger partial charge in [0.1, 0.15) is 5.52 Å². The third kappa shape index (κ3) is 2.96. The summed E-state index contributed by atoms with van der Waals surface area (Å²) in [5.74, 6) is -2.67. The number of alkyl halides is 4. The third-order valence-corrected chi connectivity index (χ3v) is 7.79. The highest BCUT2D eigenvalue weighted by Crippen LogP contribution is 2.63. The summed E-state index contributed by atoms with van der Waals surface area (Å²) in [7, 11) is 0. The molecule has 0 amide bonds. The predicted octanol–water partition coefficient (Wildman–Crippen LogP) is 4.97. The highest BCUT2D eigenvalue weighted by atomic mass is 19.3. The number of aryl methyl sites for hydroxylation is 1. The molecular weight excluding hydrogens is 442 g/mol. The number of nitrogens with two attached hydrogens (primary N) is 1. The first-order valence-corrected chi connectivity index (χ1v) is 11.2. The van der Waals surface area contributed by atoms with Crippen LogP contribution in [-0.2, 0) is 6.42 Å². The van der Waals surface area contributed by atoms with Crippen molar-refractivity contribution in [2.45, 2.75) is 64.1 Å². The van der Waals surface area contributed by atoms with Gasteiger partial charge in [-0.05, 0) is 43.2 Å². The summed E-state index contributed by atoms with van der Waals surface area (Å²) in [6, 6.07) is 2.90. The Labute approximate surface area is 186 Å². The standard InChI is InChI=1S/C22H23F4N5O2/c1-11(20-8-2-3-12(9-20)10-21(20,23)24)4-7-15-28-18-13-5-6-14-17(33-22(25,26)32-14)16(13)29-19(27)31(18)30-15/h5-6,11-12H,2-4,7-10H2,1H3,(H2,27,29). The van der Waals surface area contributed by atoms with Crippen molar-refractivity contribution in [2.75, 3.05) is 5.73 Å². The zero-order chi connectivity index (χ0) is 23.2. The van der Waals surface area contributed by atoms with E-state index in [0.717, 1.165) is 12.8 Å². The molecule has 2 N–H and O–H groups in total. The van der Waals surface area contributed by atoms with Crippen LogP contribution < -0.4 is 15.2 Å². The zero-order valence-corrected chi connectivity index (χ0v) is 18.0. The molecule has 1 aliphatic heterocycles. The summed E-state index contributed by atoms with van der Waals surface area (Å²) >= 11 is 0. The van der Waals surface area contributed by atoms with Crippen molar-refractivity contribution in [3.8, 4) is 11.5 Å². The summed E-state index contributed by atoms with van der Waals surface area (Å²) in [6.45, 7) is 1.91. The van der Waals surface area contributed by atoms with Crippen LogP contribution in [0.5, 0.6) is 11.5 Å². The Balaban J connectivity index is 1.31. The second-order valence-electron chi connectivity index (χ2n) is 9.66. The third-order valence-electron chi connectivity index (χ3n) is 7.79. The highest BCUT2D eigenvalue weighted by Gasteiger charge is 2.63. The Morgan fingerprint density at radius 1 is 1.18 bits per heavy atom. The second-order valence-corrected chi connectivity index (χ2v) is 9.66. The van der Waals surface area contributed by atoms with Gasteiger partial charge in [0.15, 0.2) is 23.0 Å². The van der Waals surface area contributed by atoms with Gasteiger partial charge in [0.25, 0.3) is 5.92 Å². The van der Waals surface area contributed by atoms with Gasteiger partial charge >= 0.3 is 6.29 Å². The van der Waals surface area contributed by atoms with Crippen LogP contribution in [0.25, 0.3) is 16.6 Å². The monoisotopic (exact) mass is 465 g/mol. The maximum Gasteiger partial charge on any atom is 0.586 e. The van der Waals surface area contributed by atoms with Crippen LogP contribution in [0.15, 0.2) is 12.1 Å². The summed E-state index contributed by atoms with van der Waals surface area (Å²) in [5.41, 5.74) is 5.50. The Hall–Kier alpha value is -2.85. The molecule has 2 aromatic heterocycles. The lowest BCUT2D eigenvalue weighted by atomic mass is 9.65. The zero-order valence-electron chi connectivity index (χ0n) is 18.0. The molecule has 3 atom stereocenters. The molecule has 33 heavy (non-hydrogen) atoms. The number of ether oxygens (including phenoxy) is 2. The van der Waals surface area contributed by atoms with Crippen LogP contribution in [0.2, 0.25) is 0 Å². The van der Waals surface area contributed by atoms with Gasteiger partial charge in [0, 0.05) is 23.6 Å². The van der Waals surface area contributed by atoms with E-state index in [4.69, 9.17) is 5.73 Å². The first kappa shape index (κ1) is 20.7. The van der Waals surface area contributed by atoms with Gasteiger partial charge in [-0.15, -0.1) is 13.9 Å². The molecule has 0 saturated heterocycles. The van der Waals surface area contributed by atoms with Gasteiger partial charge < -0.3 is 15.2 Å². The number of halogens is 4. The van der Waals surface area contributed by atoms with Crippen LogP contribution in [0.1, 0.15) is 51.3 Å². The van der Waals surface area contributed by atoms with Crippen LogP contribution >= 0.6 is 0 Å². The minimum Gasteiger partial charge on any atom is -0.395 e. The molecule has 2 fully saturated rings. The summed E-state index contributed by atoms with van der Waals surface area (Å²) in [6.07, 6.45) is -0.00373. The van der Waals surface area contributed by atoms with E-state index in [0.29, 0.717) is 42.5 Å². The SMILES string of the molecule is CC(CCc1nc2c3ccc4c(c3nc(N)n2n1)OC(F)(F)O4)C12CCCC(CC1(F)F)C2. The minimum atomic E-state index is -3.78. The average molecular weight is 465 g/mol. The molecule has 0 spiro atoms. The van der Waals surface area contributed by atoms with Crippen molar-refractivity contribution >= 4 is 22.5 Å². The van der Waals surface area contributed by atoms with Crippen LogP contribution in [0.4, 0.5) is 23.5 Å². The molecule has 2 aliphatic carbocycles. The van der Waals surface area contributed by atoms with Crippen molar-refractivity contribution in [3.05, 3.63) is 18.0 Å². The maximum absolute atomic E-state index is 15.0. The summed E-state index contributed by atoms with van der Waals surface area (Å²) in [5, 5.41) is 4.83. The van der Waals surface area contributed by atoms with E-state index in [1.165, 1.54) is 10.6 Å². The molecule has 176 valence electrons. The van der Waals surface area contributed by atoms with Crippen molar-refractivity contribution < 1.29 is 27.0 Å². The van der Waals surface area contributed by atoms with E-state index >= 15 is 0 Å². The molecule has 6 rings (SSSR count). The number of rotatable bonds is 4. The van der Waals surface area contributed by atoms with Crippen LogP contribution in [0, 0.1) is 17.3 Å². The first-order chi connectivity index (χ1) is 15.6. The van der Waals surface area contributed by atoms with Crippen molar-refractivity contribution in [1.82, 2.24) is 19.6 Å². The molecule has 3 unspecified atom stereocenters. The quantitative estimate of drug-likeness (QED) is 0.548. The normalized spacial score (nSPS) is 28.0. The van der Waals surface area contributed by atoms with Gasteiger partial charge in [-0.2, -0.15) is 4.52 Å². The van der Waals surface area contributed by atoms with Gasteiger partial charge in [-0.25, -0.2) is 18.7 Å². The number of nitrogens with zero attached hydrogens (tertiary/aromatic N) is 4. The van der Waals surface area contributed by atoms with Gasteiger partial charge in [0.05, 0.1) is 0 Å². The number of anilines is 1. The molecular formula is C22H23F4N5O2. The maximum atomic E-state index is 15.0. The van der Waals surface area contributed by atoms with Crippen molar-refractivity contribution in [1.29, 1.82) is 0 Å². The van der Waals surface area contributed by atoms with E-state index in [-0.39, 0.29) is 41.2 Å². The van der Waals surface area contributed by atoms with Gasteiger partial charge in [-0.1, -0.05) is 19.8 Å². The van der Waals surface area contributed by atoms with Crippen LogP contribution in [-0.4, -0.2) is 31.8 Å². The average Bonchev–Trinajstić information content (AvgIpc) is 3.36. The Bertz CT molecular complexity index is 1280. The Morgan fingerprint density at radius 2 is 2.00 bits per heavy atom. The minimum absolute atomic E-state index is 0.00665. The molecule has 11 heteroatoms. The first-order valence-electron chi connectivity index (χ1n) is 11.2. The molecule has 1 aromatic carbocycles. The lowest BCUT2D eigenvalue weighted by Gasteiger charge is -2.42. The number of hydrogen-bond acceptors (Lipinski definition) is 6. The lowest BCUT2D eigenvalue weighted by molar-refractivity contribution is -0.286. The number of benzene rings is 1. The van der Waals surface area contributed by atoms with E-state index in [1.807, 2.05) is 6.92 Å². The molecule has 3 aliphatic rings. The topological polar surface area (TPSA) is 87.6 Å². The lowest BCUT2D eigenvalue weighted by Crippen LogP contribution is -2.42. The van der Waals surface area contributed by atoms with Gasteiger partial charge in [0.2, 0.25) is 5.95 Å². The number of fused-ring (bicyclic) bond motifs is 7. The van der Waals surface area contributed by atoms with E-state index in [9.17, 15) is 17.6 Å². The van der Waals surface area contributed by atoms with E-state index in [2.05, 4.69) is 24.5 Å². The molecule has 2 saturated carbocycles. The summed E-state index contributed by atoms with van der Waals surface area (Å²) < 4.78 is 67.4. The van der Waals surface area contributed by atoms with Crippen molar-refractivity contribution in [3.63, 3.8) is 0 Å².